The highest BCUT2D eigenvalue weighted by Crippen LogP contribution is 2.44. The maximum atomic E-state index is 10.1. The van der Waals surface area contributed by atoms with Gasteiger partial charge in [0, 0.05) is 7.26 Å². The van der Waals surface area contributed by atoms with E-state index in [1.54, 1.807) is 18.2 Å². The summed E-state index contributed by atoms with van der Waals surface area (Å²) < 4.78 is 0. The monoisotopic (exact) mass is 274 g/mol. The van der Waals surface area contributed by atoms with E-state index in [1.807, 2.05) is 0 Å². The zero-order valence-corrected chi connectivity index (χ0v) is 12.4. The highest BCUT2D eigenvalue weighted by Gasteiger charge is 2.19. The van der Waals surface area contributed by atoms with Crippen LogP contribution in [-0.4, -0.2) is 26.0 Å². The maximum Gasteiger partial charge on any atom is 0.0930 e. The van der Waals surface area contributed by atoms with Crippen molar-refractivity contribution in [2.45, 2.75) is 0 Å². The van der Waals surface area contributed by atoms with Gasteiger partial charge in [-0.1, -0.05) is 48.5 Å². The average molecular weight is 274 g/mol. The van der Waals surface area contributed by atoms with E-state index < -0.39 is 13.2 Å². The second kappa shape index (κ2) is 7.06. The Kier molecular flexibility index (Phi) is 5.72. The van der Waals surface area contributed by atoms with Crippen LogP contribution in [0.5, 0.6) is 0 Å². The quantitative estimate of drug-likeness (QED) is 0.788. The molecule has 0 radical (unpaired) electrons. The molecule has 100 valence electrons. The molecule has 2 rings (SSSR count). The van der Waals surface area contributed by atoms with E-state index in [0.29, 0.717) is 0 Å². The minimum atomic E-state index is -1.13. The van der Waals surface area contributed by atoms with Crippen molar-refractivity contribution >= 4 is 18.5 Å². The van der Waals surface area contributed by atoms with Crippen LogP contribution in [0.1, 0.15) is 10.4 Å². The van der Waals surface area contributed by atoms with Gasteiger partial charge >= 0.3 is 0 Å². The predicted molar refractivity (Wildman–Crippen MR) is 81.5 cm³/mol. The van der Waals surface area contributed by atoms with Crippen molar-refractivity contribution in [1.29, 1.82) is 0 Å². The van der Waals surface area contributed by atoms with Crippen LogP contribution in [0.15, 0.2) is 60.7 Å². The largest absolute Gasteiger partial charge is 0.545 e. The third-order valence-electron chi connectivity index (χ3n) is 2.54. The van der Waals surface area contributed by atoms with Gasteiger partial charge in [0.25, 0.3) is 0 Å². The summed E-state index contributed by atoms with van der Waals surface area (Å²) in [5, 5.41) is 11.6. The number of carbonyl (C=O) groups is 1. The zero-order chi connectivity index (χ0) is 14.3. The molecule has 0 N–H and O–H groups in total. The standard InChI is InChI=1S/C9H14P.C7H6O2/c1-10(2,3)9-7-5-4-6-8-9;8-7(9)6-4-2-1-3-5-6/h4-8H,1-3H3;1-5H,(H,8,9)/q+1;/p-1. The molecule has 0 heterocycles. The first-order valence-electron chi connectivity index (χ1n) is 6.04. The van der Waals surface area contributed by atoms with Gasteiger partial charge < -0.3 is 9.90 Å². The molecule has 0 saturated carbocycles. The summed E-state index contributed by atoms with van der Waals surface area (Å²) >= 11 is 0. The van der Waals surface area contributed by atoms with E-state index in [2.05, 4.69) is 50.3 Å². The Hall–Kier alpha value is -1.66. The van der Waals surface area contributed by atoms with E-state index in [-0.39, 0.29) is 5.56 Å². The Labute approximate surface area is 115 Å². The average Bonchev–Trinajstić information content (AvgIpc) is 2.40. The summed E-state index contributed by atoms with van der Waals surface area (Å²) in [6.07, 6.45) is 0. The summed E-state index contributed by atoms with van der Waals surface area (Å²) in [6.45, 7) is 7.01. The normalized spacial score (nSPS) is 10.3. The Bertz CT molecular complexity index is 501. The molecule has 0 spiro atoms. The smallest absolute Gasteiger partial charge is 0.0930 e. The number of rotatable bonds is 2. The Morgan fingerprint density at radius 2 is 1.26 bits per heavy atom. The molecule has 0 atom stereocenters. The maximum absolute atomic E-state index is 10.1. The van der Waals surface area contributed by atoms with Gasteiger partial charge in [0.2, 0.25) is 0 Å². The number of aromatic carboxylic acids is 1. The SMILES string of the molecule is C[P+](C)(C)c1ccccc1.O=C([O-])c1ccccc1. The number of benzene rings is 2. The molecule has 0 aliphatic carbocycles. The molecule has 0 amide bonds. The van der Waals surface area contributed by atoms with Gasteiger partial charge in [0.15, 0.2) is 0 Å². The molecule has 2 aromatic rings. The van der Waals surface area contributed by atoms with Gasteiger partial charge in [-0.2, -0.15) is 0 Å². The van der Waals surface area contributed by atoms with Crippen LogP contribution in [0, 0.1) is 0 Å². The Morgan fingerprint density at radius 1 is 0.842 bits per heavy atom. The summed E-state index contributed by atoms with van der Waals surface area (Å²) in [6, 6.07) is 18.8. The van der Waals surface area contributed by atoms with E-state index >= 15 is 0 Å². The topological polar surface area (TPSA) is 40.1 Å². The summed E-state index contributed by atoms with van der Waals surface area (Å²) in [4.78, 5) is 10.1. The molecule has 2 nitrogen and oxygen atoms in total. The van der Waals surface area contributed by atoms with Gasteiger partial charge in [-0.3, -0.25) is 0 Å². The molecule has 2 aromatic carbocycles. The number of carbonyl (C=O) groups excluding carboxylic acids is 1. The third kappa shape index (κ3) is 5.67. The van der Waals surface area contributed by atoms with Crippen molar-refractivity contribution in [2.75, 3.05) is 20.0 Å². The lowest BCUT2D eigenvalue weighted by Crippen LogP contribution is -2.21. The molecule has 0 aliphatic heterocycles. The van der Waals surface area contributed by atoms with Crippen LogP contribution in [0.3, 0.4) is 0 Å². The highest BCUT2D eigenvalue weighted by molar-refractivity contribution is 7.80. The lowest BCUT2D eigenvalue weighted by Gasteiger charge is -2.10. The van der Waals surface area contributed by atoms with E-state index in [4.69, 9.17) is 0 Å². The van der Waals surface area contributed by atoms with Crippen molar-refractivity contribution in [3.05, 3.63) is 66.2 Å². The van der Waals surface area contributed by atoms with E-state index in [1.165, 1.54) is 17.4 Å². The molecule has 0 aliphatic rings. The van der Waals surface area contributed by atoms with Gasteiger partial charge in [0.05, 0.1) is 31.3 Å². The molecule has 3 heteroatoms. The number of carboxylic acids is 1. The molecule has 0 bridgehead atoms. The van der Waals surface area contributed by atoms with Gasteiger partial charge in [-0.05, 0) is 17.7 Å². The second-order valence-electron chi connectivity index (χ2n) is 5.00. The molecule has 0 saturated heterocycles. The van der Waals surface area contributed by atoms with E-state index in [9.17, 15) is 9.90 Å². The van der Waals surface area contributed by atoms with Crippen molar-refractivity contribution in [2.24, 2.45) is 0 Å². The molecular weight excluding hydrogens is 255 g/mol. The molecular formula is C16H19O2P. The Balaban J connectivity index is 0.000000191. The summed E-state index contributed by atoms with van der Waals surface area (Å²) in [5.74, 6) is -1.13. The number of carboxylic acid groups (broad SMARTS) is 1. The highest BCUT2D eigenvalue weighted by atomic mass is 31.2. The van der Waals surface area contributed by atoms with Crippen molar-refractivity contribution in [3.8, 4) is 0 Å². The van der Waals surface area contributed by atoms with Crippen LogP contribution in [0.2, 0.25) is 0 Å². The van der Waals surface area contributed by atoms with Gasteiger partial charge in [-0.15, -0.1) is 0 Å². The van der Waals surface area contributed by atoms with Crippen LogP contribution >= 0.6 is 7.26 Å². The van der Waals surface area contributed by atoms with Crippen molar-refractivity contribution in [3.63, 3.8) is 0 Å². The van der Waals surface area contributed by atoms with Crippen LogP contribution in [-0.2, 0) is 0 Å². The van der Waals surface area contributed by atoms with Crippen LogP contribution < -0.4 is 10.4 Å². The van der Waals surface area contributed by atoms with Crippen molar-refractivity contribution < 1.29 is 9.90 Å². The fraction of sp³-hybridized carbons (Fsp3) is 0.188. The summed E-state index contributed by atoms with van der Waals surface area (Å²) in [5.41, 5.74) is 0.220. The first-order valence-corrected chi connectivity index (χ1v) is 9.18. The third-order valence-corrected chi connectivity index (χ3v) is 4.39. The lowest BCUT2D eigenvalue weighted by atomic mass is 10.2. The fourth-order valence-electron chi connectivity index (χ4n) is 1.45. The van der Waals surface area contributed by atoms with Crippen molar-refractivity contribution in [1.82, 2.24) is 0 Å². The molecule has 0 unspecified atom stereocenters. The summed E-state index contributed by atoms with van der Waals surface area (Å²) in [7, 11) is -0.768. The fourth-order valence-corrected chi connectivity index (χ4v) is 2.52. The lowest BCUT2D eigenvalue weighted by molar-refractivity contribution is -0.255. The molecule has 0 fully saturated rings. The second-order valence-corrected chi connectivity index (χ2v) is 9.54. The van der Waals surface area contributed by atoms with Gasteiger partial charge in [-0.25, -0.2) is 0 Å². The van der Waals surface area contributed by atoms with Crippen LogP contribution in [0.25, 0.3) is 0 Å². The van der Waals surface area contributed by atoms with Gasteiger partial charge in [0.1, 0.15) is 0 Å². The van der Waals surface area contributed by atoms with E-state index in [0.717, 1.165) is 0 Å². The molecule has 0 aromatic heterocycles. The first-order chi connectivity index (χ1) is 8.91. The predicted octanol–water partition coefficient (Wildman–Crippen LogP) is 2.27. The number of hydrogen-bond donors (Lipinski definition) is 0. The minimum absolute atomic E-state index is 0.220. The first kappa shape index (κ1) is 15.4. The zero-order valence-electron chi connectivity index (χ0n) is 11.5. The number of hydrogen-bond acceptors (Lipinski definition) is 2. The minimum Gasteiger partial charge on any atom is -0.545 e. The Morgan fingerprint density at radius 3 is 1.53 bits per heavy atom. The van der Waals surface area contributed by atoms with Crippen LogP contribution in [0.4, 0.5) is 0 Å². The molecule has 19 heavy (non-hydrogen) atoms.